The van der Waals surface area contributed by atoms with Crippen molar-refractivity contribution in [3.8, 4) is 11.5 Å². The largest absolute Gasteiger partial charge is 0.508 e. The highest BCUT2D eigenvalue weighted by Gasteiger charge is 2.48. The molecule has 0 amide bonds. The van der Waals surface area contributed by atoms with Crippen LogP contribution >= 0.6 is 0 Å². The molecule has 0 saturated carbocycles. The predicted octanol–water partition coefficient (Wildman–Crippen LogP) is 4.20. The van der Waals surface area contributed by atoms with Gasteiger partial charge in [0.05, 0.1) is 7.11 Å². The van der Waals surface area contributed by atoms with E-state index < -0.39 is 0 Å². The number of benzene rings is 2. The van der Waals surface area contributed by atoms with E-state index >= 15 is 0 Å². The van der Waals surface area contributed by atoms with Crippen LogP contribution in [0.1, 0.15) is 46.2 Å². The molecule has 2 aromatic rings. The quantitative estimate of drug-likeness (QED) is 0.854. The Bertz CT molecular complexity index is 772. The van der Waals surface area contributed by atoms with E-state index in [0.717, 1.165) is 37.0 Å². The summed E-state index contributed by atoms with van der Waals surface area (Å²) in [6, 6.07) is 8.15. The molecule has 22 heavy (non-hydrogen) atoms. The van der Waals surface area contributed by atoms with Crippen molar-refractivity contribution >= 4 is 0 Å². The average molecular weight is 294 g/mol. The molecule has 2 aliphatic carbocycles. The van der Waals surface area contributed by atoms with E-state index in [9.17, 15) is 5.11 Å². The van der Waals surface area contributed by atoms with E-state index in [0.29, 0.717) is 5.75 Å². The number of rotatable bonds is 1. The van der Waals surface area contributed by atoms with E-state index in [1.165, 1.54) is 27.8 Å². The van der Waals surface area contributed by atoms with E-state index in [1.807, 2.05) is 12.1 Å². The number of hydrogen-bond donors (Lipinski definition) is 1. The van der Waals surface area contributed by atoms with Gasteiger partial charge >= 0.3 is 0 Å². The van der Waals surface area contributed by atoms with Crippen LogP contribution in [-0.2, 0) is 18.3 Å². The number of aromatic hydroxyl groups is 1. The average Bonchev–Trinajstić information content (AvgIpc) is 3.09. The molecule has 0 fully saturated rings. The smallest absolute Gasteiger partial charge is 0.123 e. The Hall–Kier alpha value is -1.96. The van der Waals surface area contributed by atoms with Crippen molar-refractivity contribution < 1.29 is 9.84 Å². The molecule has 0 bridgehead atoms. The van der Waals surface area contributed by atoms with Crippen LogP contribution in [0, 0.1) is 13.8 Å². The summed E-state index contributed by atoms with van der Waals surface area (Å²) in [6.07, 6.45) is 4.28. The van der Waals surface area contributed by atoms with Crippen LogP contribution in [0.3, 0.4) is 0 Å². The second kappa shape index (κ2) is 4.52. The van der Waals surface area contributed by atoms with Crippen LogP contribution in [0.25, 0.3) is 0 Å². The van der Waals surface area contributed by atoms with Gasteiger partial charge in [0.15, 0.2) is 0 Å². The molecule has 1 atom stereocenters. The fraction of sp³-hybridized carbons (Fsp3) is 0.400. The zero-order valence-electron chi connectivity index (χ0n) is 13.5. The number of aryl methyl sites for hydroxylation is 2. The van der Waals surface area contributed by atoms with Crippen LogP contribution in [0.2, 0.25) is 0 Å². The lowest BCUT2D eigenvalue weighted by Gasteiger charge is -2.29. The number of fused-ring (bicyclic) bond motifs is 4. The van der Waals surface area contributed by atoms with Crippen molar-refractivity contribution in [3.05, 3.63) is 57.6 Å². The fourth-order valence-corrected chi connectivity index (χ4v) is 4.77. The maximum atomic E-state index is 10.6. The lowest BCUT2D eigenvalue weighted by Crippen LogP contribution is -2.22. The first-order valence-corrected chi connectivity index (χ1v) is 8.07. The third kappa shape index (κ3) is 1.55. The Balaban J connectivity index is 2.04. The van der Waals surface area contributed by atoms with Gasteiger partial charge in [0.1, 0.15) is 11.5 Å². The number of methoxy groups -OCH3 is 1. The van der Waals surface area contributed by atoms with Gasteiger partial charge in [-0.1, -0.05) is 12.1 Å². The van der Waals surface area contributed by atoms with Crippen molar-refractivity contribution in [2.24, 2.45) is 0 Å². The molecule has 1 N–H and O–H groups in total. The highest BCUT2D eigenvalue weighted by atomic mass is 16.5. The van der Waals surface area contributed by atoms with Gasteiger partial charge in [0, 0.05) is 16.5 Å². The molecular weight excluding hydrogens is 272 g/mol. The molecule has 0 heterocycles. The van der Waals surface area contributed by atoms with E-state index in [1.54, 1.807) is 7.11 Å². The molecule has 4 rings (SSSR count). The molecule has 114 valence electrons. The zero-order valence-corrected chi connectivity index (χ0v) is 13.5. The van der Waals surface area contributed by atoms with Crippen molar-refractivity contribution in [1.82, 2.24) is 0 Å². The van der Waals surface area contributed by atoms with Crippen LogP contribution in [-0.4, -0.2) is 12.2 Å². The van der Waals surface area contributed by atoms with Gasteiger partial charge in [-0.3, -0.25) is 0 Å². The molecule has 2 aromatic carbocycles. The summed E-state index contributed by atoms with van der Waals surface area (Å²) in [5.74, 6) is 1.43. The SMILES string of the molecule is COc1ccc(C)c2c1C1(CCc3c(C)ccc(O)c31)CC2. The summed E-state index contributed by atoms with van der Waals surface area (Å²) in [7, 11) is 1.75. The molecule has 1 unspecified atom stereocenters. The van der Waals surface area contributed by atoms with Gasteiger partial charge in [-0.25, -0.2) is 0 Å². The minimum absolute atomic E-state index is 0.0574. The number of phenolic OH excluding ortho intramolecular Hbond substituents is 1. The van der Waals surface area contributed by atoms with Crippen LogP contribution in [0.15, 0.2) is 24.3 Å². The Labute approximate surface area is 131 Å². The van der Waals surface area contributed by atoms with Gasteiger partial charge in [0.2, 0.25) is 0 Å². The fourth-order valence-electron chi connectivity index (χ4n) is 4.77. The highest BCUT2D eigenvalue weighted by molar-refractivity contribution is 5.64. The van der Waals surface area contributed by atoms with Crippen LogP contribution < -0.4 is 4.74 Å². The second-order valence-electron chi connectivity index (χ2n) is 6.78. The number of ether oxygens (including phenoxy) is 1. The summed E-state index contributed by atoms with van der Waals surface area (Å²) in [5, 5.41) is 10.6. The maximum Gasteiger partial charge on any atom is 0.123 e. The molecule has 1 spiro atoms. The summed E-state index contributed by atoms with van der Waals surface area (Å²) in [4.78, 5) is 0. The topological polar surface area (TPSA) is 29.5 Å². The molecule has 2 aliphatic rings. The lowest BCUT2D eigenvalue weighted by atomic mass is 9.75. The van der Waals surface area contributed by atoms with Gasteiger partial charge in [-0.05, 0) is 73.9 Å². The normalized spacial score (nSPS) is 22.0. The summed E-state index contributed by atoms with van der Waals surface area (Å²) < 4.78 is 5.70. The maximum absolute atomic E-state index is 10.6. The first kappa shape index (κ1) is 13.7. The Kier molecular flexibility index (Phi) is 2.81. The second-order valence-corrected chi connectivity index (χ2v) is 6.78. The molecule has 2 nitrogen and oxygen atoms in total. The van der Waals surface area contributed by atoms with Gasteiger partial charge < -0.3 is 9.84 Å². The molecule has 0 saturated heterocycles. The Morgan fingerprint density at radius 3 is 2.14 bits per heavy atom. The van der Waals surface area contributed by atoms with E-state index in [2.05, 4.69) is 26.0 Å². The van der Waals surface area contributed by atoms with Gasteiger partial charge in [-0.15, -0.1) is 0 Å². The Morgan fingerprint density at radius 2 is 1.50 bits per heavy atom. The van der Waals surface area contributed by atoms with Crippen LogP contribution in [0.4, 0.5) is 0 Å². The third-order valence-electron chi connectivity index (χ3n) is 5.81. The zero-order chi connectivity index (χ0) is 15.5. The number of phenols is 1. The van der Waals surface area contributed by atoms with Gasteiger partial charge in [-0.2, -0.15) is 0 Å². The minimum Gasteiger partial charge on any atom is -0.508 e. The first-order chi connectivity index (χ1) is 10.6. The Morgan fingerprint density at radius 1 is 0.909 bits per heavy atom. The van der Waals surface area contributed by atoms with Gasteiger partial charge in [0.25, 0.3) is 0 Å². The molecule has 0 radical (unpaired) electrons. The molecule has 0 aromatic heterocycles. The monoisotopic (exact) mass is 294 g/mol. The predicted molar refractivity (Wildman–Crippen MR) is 88.0 cm³/mol. The van der Waals surface area contributed by atoms with E-state index in [-0.39, 0.29) is 5.41 Å². The van der Waals surface area contributed by atoms with Crippen molar-refractivity contribution in [2.75, 3.05) is 7.11 Å². The molecular formula is C20H22O2. The lowest BCUT2D eigenvalue weighted by molar-refractivity contribution is 0.388. The van der Waals surface area contributed by atoms with E-state index in [4.69, 9.17) is 4.74 Å². The van der Waals surface area contributed by atoms with Crippen molar-refractivity contribution in [3.63, 3.8) is 0 Å². The highest BCUT2D eigenvalue weighted by Crippen LogP contribution is 2.58. The molecule has 2 heteroatoms. The summed E-state index contributed by atoms with van der Waals surface area (Å²) >= 11 is 0. The first-order valence-electron chi connectivity index (χ1n) is 8.07. The molecule has 0 aliphatic heterocycles. The third-order valence-corrected chi connectivity index (χ3v) is 5.81. The summed E-state index contributed by atoms with van der Waals surface area (Å²) in [5.41, 5.74) is 7.84. The van der Waals surface area contributed by atoms with Crippen molar-refractivity contribution in [2.45, 2.75) is 44.9 Å². The number of hydrogen-bond acceptors (Lipinski definition) is 2. The standard InChI is InChI=1S/C20H22O2/c1-12-4-6-16(21)18-14(12)8-10-20(18)11-9-15-13(2)5-7-17(22-3)19(15)20/h4-7,21H,8-11H2,1-3H3. The van der Waals surface area contributed by atoms with Crippen LogP contribution in [0.5, 0.6) is 11.5 Å². The minimum atomic E-state index is -0.0574. The summed E-state index contributed by atoms with van der Waals surface area (Å²) in [6.45, 7) is 4.34. The van der Waals surface area contributed by atoms with Crippen molar-refractivity contribution in [1.29, 1.82) is 0 Å².